The topological polar surface area (TPSA) is 76.6 Å². The molecule has 0 radical (unpaired) electrons. The van der Waals surface area contributed by atoms with Gasteiger partial charge in [-0.1, -0.05) is 41.3 Å². The van der Waals surface area contributed by atoms with Crippen molar-refractivity contribution < 1.29 is 14.3 Å². The zero-order chi connectivity index (χ0) is 21.6. The molecular formula is C22H24N4O3S2. The van der Waals surface area contributed by atoms with E-state index >= 15 is 0 Å². The lowest BCUT2D eigenvalue weighted by atomic mass is 10.2. The van der Waals surface area contributed by atoms with Crippen molar-refractivity contribution in [1.82, 2.24) is 15.1 Å². The normalized spacial score (nSPS) is 12.5. The third kappa shape index (κ3) is 5.68. The predicted molar refractivity (Wildman–Crippen MR) is 124 cm³/mol. The molecule has 1 aliphatic heterocycles. The second-order valence-electron chi connectivity index (χ2n) is 7.04. The molecule has 0 fully saturated rings. The molecule has 0 spiro atoms. The molecule has 0 unspecified atom stereocenters. The SMILES string of the molecule is CCN(Cc1ccc2c(c1)OCCO2)C(=O)CSc1nnc(Nc2cccc(C)c2)s1. The van der Waals surface area contributed by atoms with Gasteiger partial charge >= 0.3 is 0 Å². The molecule has 0 bridgehead atoms. The van der Waals surface area contributed by atoms with Crippen molar-refractivity contribution >= 4 is 39.8 Å². The van der Waals surface area contributed by atoms with Crippen molar-refractivity contribution in [2.24, 2.45) is 0 Å². The Kier molecular flexibility index (Phi) is 6.93. The van der Waals surface area contributed by atoms with E-state index in [4.69, 9.17) is 9.47 Å². The number of carbonyl (C=O) groups is 1. The van der Waals surface area contributed by atoms with Crippen LogP contribution in [0.3, 0.4) is 0 Å². The van der Waals surface area contributed by atoms with Crippen LogP contribution in [0.4, 0.5) is 10.8 Å². The third-order valence-corrected chi connectivity index (χ3v) is 6.67. The van der Waals surface area contributed by atoms with Gasteiger partial charge in [-0.25, -0.2) is 0 Å². The van der Waals surface area contributed by atoms with Gasteiger partial charge in [-0.3, -0.25) is 4.79 Å². The molecule has 1 aliphatic rings. The smallest absolute Gasteiger partial charge is 0.233 e. The van der Waals surface area contributed by atoms with Gasteiger partial charge in [-0.2, -0.15) is 0 Å². The molecule has 0 saturated heterocycles. The minimum Gasteiger partial charge on any atom is -0.486 e. The number of rotatable bonds is 8. The van der Waals surface area contributed by atoms with Gasteiger partial charge in [0.25, 0.3) is 0 Å². The highest BCUT2D eigenvalue weighted by atomic mass is 32.2. The van der Waals surface area contributed by atoms with E-state index in [0.29, 0.717) is 37.2 Å². The van der Waals surface area contributed by atoms with Gasteiger partial charge in [0.15, 0.2) is 15.8 Å². The zero-order valence-electron chi connectivity index (χ0n) is 17.5. The fourth-order valence-corrected chi connectivity index (χ4v) is 4.84. The van der Waals surface area contributed by atoms with Crippen LogP contribution in [0.1, 0.15) is 18.1 Å². The summed E-state index contributed by atoms with van der Waals surface area (Å²) in [5.41, 5.74) is 3.16. The second-order valence-corrected chi connectivity index (χ2v) is 9.24. The number of hydrogen-bond donors (Lipinski definition) is 1. The summed E-state index contributed by atoms with van der Waals surface area (Å²) in [5.74, 6) is 1.87. The van der Waals surface area contributed by atoms with Crippen molar-refractivity contribution in [3.8, 4) is 11.5 Å². The number of fused-ring (bicyclic) bond motifs is 1. The average molecular weight is 457 g/mol. The van der Waals surface area contributed by atoms with Gasteiger partial charge in [-0.15, -0.1) is 10.2 Å². The summed E-state index contributed by atoms with van der Waals surface area (Å²) in [6.07, 6.45) is 0. The number of ether oxygens (including phenoxy) is 2. The molecule has 7 nitrogen and oxygen atoms in total. The van der Waals surface area contributed by atoms with E-state index < -0.39 is 0 Å². The van der Waals surface area contributed by atoms with Gasteiger partial charge in [-0.05, 0) is 49.2 Å². The Morgan fingerprint density at radius 3 is 2.81 bits per heavy atom. The van der Waals surface area contributed by atoms with Crippen LogP contribution >= 0.6 is 23.1 Å². The number of thioether (sulfide) groups is 1. The molecule has 1 N–H and O–H groups in total. The summed E-state index contributed by atoms with van der Waals surface area (Å²) in [6.45, 7) is 6.30. The standard InChI is InChI=1S/C22H24N4O3S2/c1-3-26(13-16-7-8-18-19(12-16)29-10-9-28-18)20(27)14-30-22-25-24-21(31-22)23-17-6-4-5-15(2)11-17/h4-8,11-12H,3,9-10,13-14H2,1-2H3,(H,23,24). The molecular weight excluding hydrogens is 432 g/mol. The quantitative estimate of drug-likeness (QED) is 0.500. The Bertz CT molecular complexity index is 1060. The van der Waals surface area contributed by atoms with E-state index in [1.807, 2.05) is 55.1 Å². The minimum atomic E-state index is 0.0609. The predicted octanol–water partition coefficient (Wildman–Crippen LogP) is 4.50. The first-order valence-corrected chi connectivity index (χ1v) is 11.9. The van der Waals surface area contributed by atoms with E-state index in [-0.39, 0.29) is 5.91 Å². The van der Waals surface area contributed by atoms with Crippen molar-refractivity contribution in [3.63, 3.8) is 0 Å². The first kappa shape index (κ1) is 21.5. The molecule has 0 atom stereocenters. The van der Waals surface area contributed by atoms with Crippen LogP contribution < -0.4 is 14.8 Å². The van der Waals surface area contributed by atoms with Crippen LogP contribution in [-0.2, 0) is 11.3 Å². The minimum absolute atomic E-state index is 0.0609. The summed E-state index contributed by atoms with van der Waals surface area (Å²) in [4.78, 5) is 14.6. The fourth-order valence-electron chi connectivity index (χ4n) is 3.16. The molecule has 0 saturated carbocycles. The Morgan fingerprint density at radius 1 is 1.16 bits per heavy atom. The second kappa shape index (κ2) is 10.0. The van der Waals surface area contributed by atoms with Gasteiger partial charge < -0.3 is 19.7 Å². The number of amides is 1. The number of carbonyl (C=O) groups excluding carboxylic acids is 1. The number of nitrogens with zero attached hydrogens (tertiary/aromatic N) is 3. The van der Waals surface area contributed by atoms with E-state index in [1.165, 1.54) is 28.7 Å². The van der Waals surface area contributed by atoms with Crippen molar-refractivity contribution in [2.45, 2.75) is 24.7 Å². The maximum Gasteiger partial charge on any atom is 0.233 e. The number of hydrogen-bond acceptors (Lipinski definition) is 8. The van der Waals surface area contributed by atoms with E-state index in [9.17, 15) is 4.79 Å². The molecule has 4 rings (SSSR count). The van der Waals surface area contributed by atoms with Crippen LogP contribution in [0, 0.1) is 6.92 Å². The number of nitrogens with one attached hydrogen (secondary N) is 1. The van der Waals surface area contributed by atoms with Crippen molar-refractivity contribution in [3.05, 3.63) is 53.6 Å². The Balaban J connectivity index is 1.31. The molecule has 2 heterocycles. The van der Waals surface area contributed by atoms with Crippen molar-refractivity contribution in [2.75, 3.05) is 30.8 Å². The molecule has 162 valence electrons. The van der Waals surface area contributed by atoms with Gasteiger partial charge in [0.05, 0.1) is 5.75 Å². The highest BCUT2D eigenvalue weighted by Crippen LogP contribution is 2.31. The summed E-state index contributed by atoms with van der Waals surface area (Å²) in [7, 11) is 0. The van der Waals surface area contributed by atoms with Crippen LogP contribution in [0.25, 0.3) is 0 Å². The molecule has 1 amide bonds. The highest BCUT2D eigenvalue weighted by Gasteiger charge is 2.17. The van der Waals surface area contributed by atoms with Crippen molar-refractivity contribution in [1.29, 1.82) is 0 Å². The van der Waals surface area contributed by atoms with E-state index in [0.717, 1.165) is 27.1 Å². The lowest BCUT2D eigenvalue weighted by Gasteiger charge is -2.23. The Labute approximate surface area is 189 Å². The van der Waals surface area contributed by atoms with Gasteiger partial charge in [0.1, 0.15) is 13.2 Å². The third-order valence-electron chi connectivity index (χ3n) is 4.71. The Hall–Kier alpha value is -2.78. The Morgan fingerprint density at radius 2 is 2.00 bits per heavy atom. The molecule has 2 aromatic carbocycles. The first-order chi connectivity index (χ1) is 15.1. The summed E-state index contributed by atoms with van der Waals surface area (Å²) < 4.78 is 12.0. The van der Waals surface area contributed by atoms with Crippen LogP contribution in [-0.4, -0.2) is 46.5 Å². The van der Waals surface area contributed by atoms with E-state index in [2.05, 4.69) is 21.6 Å². The lowest BCUT2D eigenvalue weighted by Crippen LogP contribution is -2.31. The number of benzene rings is 2. The maximum atomic E-state index is 12.8. The van der Waals surface area contributed by atoms with Crippen LogP contribution in [0.15, 0.2) is 46.8 Å². The molecule has 9 heteroatoms. The van der Waals surface area contributed by atoms with E-state index in [1.54, 1.807) is 0 Å². The zero-order valence-corrected chi connectivity index (χ0v) is 19.1. The van der Waals surface area contributed by atoms with Crippen LogP contribution in [0.2, 0.25) is 0 Å². The molecule has 31 heavy (non-hydrogen) atoms. The first-order valence-electron chi connectivity index (χ1n) is 10.1. The monoisotopic (exact) mass is 456 g/mol. The number of aromatic nitrogens is 2. The summed E-state index contributed by atoms with van der Waals surface area (Å²) in [6, 6.07) is 13.9. The lowest BCUT2D eigenvalue weighted by molar-refractivity contribution is -0.128. The van der Waals surface area contributed by atoms with Crippen LogP contribution in [0.5, 0.6) is 11.5 Å². The maximum absolute atomic E-state index is 12.8. The summed E-state index contributed by atoms with van der Waals surface area (Å²) in [5, 5.41) is 12.3. The number of aryl methyl sites for hydroxylation is 1. The van der Waals surface area contributed by atoms with Gasteiger partial charge in [0.2, 0.25) is 11.0 Å². The largest absolute Gasteiger partial charge is 0.486 e. The summed E-state index contributed by atoms with van der Waals surface area (Å²) >= 11 is 2.85. The highest BCUT2D eigenvalue weighted by molar-refractivity contribution is 8.01. The number of anilines is 2. The van der Waals surface area contributed by atoms with Gasteiger partial charge in [0, 0.05) is 18.8 Å². The average Bonchev–Trinajstić information content (AvgIpc) is 3.23. The molecule has 1 aromatic heterocycles. The molecule has 0 aliphatic carbocycles. The fraction of sp³-hybridized carbons (Fsp3) is 0.318. The molecule has 3 aromatic rings.